The third kappa shape index (κ3) is 4.61. The molecule has 1 atom stereocenters. The van der Waals surface area contributed by atoms with Crippen molar-refractivity contribution in [1.82, 2.24) is 0 Å². The second-order valence-electron chi connectivity index (χ2n) is 3.87. The average Bonchev–Trinajstić information content (AvgIpc) is 2.15. The van der Waals surface area contributed by atoms with Crippen LogP contribution in [-0.4, -0.2) is 21.3 Å². The highest BCUT2D eigenvalue weighted by molar-refractivity contribution is 7.86. The molecule has 0 aliphatic carbocycles. The molecule has 16 heavy (non-hydrogen) atoms. The Labute approximate surface area is 95.5 Å². The molecule has 0 bridgehead atoms. The number of benzene rings is 1. The summed E-state index contributed by atoms with van der Waals surface area (Å²) in [5.41, 5.74) is 0.940. The van der Waals surface area contributed by atoms with Gasteiger partial charge in [-0.15, -0.1) is 3.89 Å². The van der Waals surface area contributed by atoms with E-state index in [1.165, 1.54) is 0 Å². The molecule has 1 aromatic carbocycles. The average molecular weight is 246 g/mol. The molecule has 0 N–H and O–H groups in total. The number of hydrogen-bond donors (Lipinski definition) is 0. The van der Waals surface area contributed by atoms with Crippen LogP contribution in [0.25, 0.3) is 0 Å². The van der Waals surface area contributed by atoms with Crippen LogP contribution in [0.2, 0.25) is 0 Å². The van der Waals surface area contributed by atoms with E-state index in [9.17, 15) is 12.3 Å². The second-order valence-corrected chi connectivity index (χ2v) is 5.28. The van der Waals surface area contributed by atoms with E-state index in [1.807, 2.05) is 18.2 Å². The van der Waals surface area contributed by atoms with Gasteiger partial charge in [0.1, 0.15) is 5.75 Å². The summed E-state index contributed by atoms with van der Waals surface area (Å²) >= 11 is 0. The monoisotopic (exact) mass is 246 g/mol. The summed E-state index contributed by atoms with van der Waals surface area (Å²) in [6.45, 7) is 1.70. The molecule has 0 aliphatic heterocycles. The van der Waals surface area contributed by atoms with Gasteiger partial charge in [0.15, 0.2) is 0 Å². The predicted molar refractivity (Wildman–Crippen MR) is 60.8 cm³/mol. The first-order chi connectivity index (χ1) is 7.40. The maximum absolute atomic E-state index is 12.4. The van der Waals surface area contributed by atoms with Crippen LogP contribution in [0, 0.1) is 5.92 Å². The van der Waals surface area contributed by atoms with Crippen LogP contribution in [0.4, 0.5) is 3.89 Å². The Morgan fingerprint density at radius 3 is 2.69 bits per heavy atom. The van der Waals surface area contributed by atoms with E-state index in [4.69, 9.17) is 4.74 Å². The highest BCUT2D eigenvalue weighted by atomic mass is 32.3. The largest absolute Gasteiger partial charge is 0.497 e. The number of methoxy groups -OCH3 is 1. The van der Waals surface area contributed by atoms with Crippen LogP contribution < -0.4 is 4.74 Å². The van der Waals surface area contributed by atoms with Crippen LogP contribution in [-0.2, 0) is 16.6 Å². The fraction of sp³-hybridized carbons (Fsp3) is 0.455. The number of halogens is 1. The zero-order valence-electron chi connectivity index (χ0n) is 9.31. The first kappa shape index (κ1) is 13.0. The van der Waals surface area contributed by atoms with Crippen molar-refractivity contribution in [2.45, 2.75) is 13.3 Å². The first-order valence-corrected chi connectivity index (χ1v) is 6.51. The molecule has 3 nitrogen and oxygen atoms in total. The Kier molecular flexibility index (Phi) is 4.29. The standard InChI is InChI=1S/C11H15FO3S/c1-9(8-16(12,13)14)6-10-4-3-5-11(7-10)15-2/h3-5,7,9H,6,8H2,1-2H3. The Hall–Kier alpha value is -1.10. The van der Waals surface area contributed by atoms with Crippen molar-refractivity contribution in [3.05, 3.63) is 29.8 Å². The lowest BCUT2D eigenvalue weighted by molar-refractivity contribution is 0.414. The summed E-state index contributed by atoms with van der Waals surface area (Å²) in [4.78, 5) is 0. The Balaban J connectivity index is 2.65. The fourth-order valence-electron chi connectivity index (χ4n) is 1.60. The number of hydrogen-bond acceptors (Lipinski definition) is 3. The molecule has 1 rings (SSSR count). The lowest BCUT2D eigenvalue weighted by atomic mass is 10.0. The highest BCUT2D eigenvalue weighted by Crippen LogP contribution is 2.17. The topological polar surface area (TPSA) is 43.4 Å². The summed E-state index contributed by atoms with van der Waals surface area (Å²) < 4.78 is 38.4. The molecule has 0 saturated heterocycles. The van der Waals surface area contributed by atoms with E-state index in [0.717, 1.165) is 5.56 Å². The van der Waals surface area contributed by atoms with E-state index in [-0.39, 0.29) is 5.92 Å². The van der Waals surface area contributed by atoms with Crippen molar-refractivity contribution in [2.75, 3.05) is 12.9 Å². The molecule has 90 valence electrons. The second kappa shape index (κ2) is 5.30. The van der Waals surface area contributed by atoms with Gasteiger partial charge >= 0.3 is 10.2 Å². The zero-order valence-corrected chi connectivity index (χ0v) is 10.1. The molecule has 0 fully saturated rings. The van der Waals surface area contributed by atoms with Gasteiger partial charge in [-0.1, -0.05) is 19.1 Å². The smallest absolute Gasteiger partial charge is 0.302 e. The summed E-state index contributed by atoms with van der Waals surface area (Å²) in [6.07, 6.45) is 0.514. The normalized spacial score (nSPS) is 13.4. The molecule has 5 heteroatoms. The molecule has 1 aromatic rings. The van der Waals surface area contributed by atoms with Crippen molar-refractivity contribution in [1.29, 1.82) is 0 Å². The fourth-order valence-corrected chi connectivity index (χ4v) is 2.40. The highest BCUT2D eigenvalue weighted by Gasteiger charge is 2.14. The Bertz CT molecular complexity index is 442. The molecule has 0 amide bonds. The predicted octanol–water partition coefficient (Wildman–Crippen LogP) is 2.17. The van der Waals surface area contributed by atoms with E-state index >= 15 is 0 Å². The summed E-state index contributed by atoms with van der Waals surface area (Å²) in [5.74, 6) is 0.0272. The molecule has 0 heterocycles. The molecular formula is C11H15FO3S. The molecule has 0 saturated carbocycles. The van der Waals surface area contributed by atoms with Gasteiger partial charge in [-0.05, 0) is 30.0 Å². The van der Waals surface area contributed by atoms with Gasteiger partial charge in [0, 0.05) is 0 Å². The van der Waals surface area contributed by atoms with Gasteiger partial charge < -0.3 is 4.74 Å². The van der Waals surface area contributed by atoms with Gasteiger partial charge in [-0.3, -0.25) is 0 Å². The summed E-state index contributed by atoms with van der Waals surface area (Å²) in [7, 11) is -2.83. The molecule has 0 aliphatic rings. The third-order valence-corrected chi connectivity index (χ3v) is 3.17. The van der Waals surface area contributed by atoms with Crippen LogP contribution >= 0.6 is 0 Å². The third-order valence-electron chi connectivity index (χ3n) is 2.20. The number of rotatable bonds is 5. The quantitative estimate of drug-likeness (QED) is 0.748. The van der Waals surface area contributed by atoms with E-state index in [2.05, 4.69) is 0 Å². The van der Waals surface area contributed by atoms with Crippen molar-refractivity contribution in [2.24, 2.45) is 5.92 Å². The van der Waals surface area contributed by atoms with E-state index < -0.39 is 16.0 Å². The molecular weight excluding hydrogens is 231 g/mol. The van der Waals surface area contributed by atoms with Crippen molar-refractivity contribution < 1.29 is 17.0 Å². The van der Waals surface area contributed by atoms with E-state index in [1.54, 1.807) is 20.1 Å². The SMILES string of the molecule is COc1cccc(CC(C)CS(=O)(=O)F)c1. The minimum absolute atomic E-state index is 0.248. The first-order valence-electron chi connectivity index (χ1n) is 4.96. The number of ether oxygens (including phenoxy) is 1. The Morgan fingerprint density at radius 1 is 1.44 bits per heavy atom. The maximum atomic E-state index is 12.4. The lowest BCUT2D eigenvalue weighted by Gasteiger charge is -2.09. The van der Waals surface area contributed by atoms with Crippen molar-refractivity contribution >= 4 is 10.2 Å². The van der Waals surface area contributed by atoms with Crippen LogP contribution in [0.3, 0.4) is 0 Å². The van der Waals surface area contributed by atoms with Crippen LogP contribution in [0.15, 0.2) is 24.3 Å². The van der Waals surface area contributed by atoms with Crippen LogP contribution in [0.1, 0.15) is 12.5 Å². The van der Waals surface area contributed by atoms with Gasteiger partial charge in [-0.25, -0.2) is 0 Å². The minimum Gasteiger partial charge on any atom is -0.497 e. The van der Waals surface area contributed by atoms with Gasteiger partial charge in [-0.2, -0.15) is 8.42 Å². The summed E-state index contributed by atoms with van der Waals surface area (Å²) in [6, 6.07) is 7.32. The molecule has 1 unspecified atom stereocenters. The van der Waals surface area contributed by atoms with Crippen molar-refractivity contribution in [3.8, 4) is 5.75 Å². The molecule has 0 aromatic heterocycles. The van der Waals surface area contributed by atoms with Crippen LogP contribution in [0.5, 0.6) is 5.75 Å². The van der Waals surface area contributed by atoms with Gasteiger partial charge in [0.05, 0.1) is 12.9 Å². The summed E-state index contributed by atoms with van der Waals surface area (Å²) in [5, 5.41) is 0. The Morgan fingerprint density at radius 2 is 2.12 bits per heavy atom. The minimum atomic E-state index is -4.39. The van der Waals surface area contributed by atoms with E-state index in [0.29, 0.717) is 12.2 Å². The van der Waals surface area contributed by atoms with Crippen molar-refractivity contribution in [3.63, 3.8) is 0 Å². The van der Waals surface area contributed by atoms with Gasteiger partial charge in [0.2, 0.25) is 0 Å². The molecule has 0 spiro atoms. The lowest BCUT2D eigenvalue weighted by Crippen LogP contribution is -2.11. The zero-order chi connectivity index (χ0) is 12.2. The maximum Gasteiger partial charge on any atom is 0.302 e. The molecule has 0 radical (unpaired) electrons. The van der Waals surface area contributed by atoms with Gasteiger partial charge in [0.25, 0.3) is 0 Å².